The smallest absolute Gasteiger partial charge is 0.247 e. The Bertz CT molecular complexity index is 1430. The number of ether oxygens (including phenoxy) is 1. The summed E-state index contributed by atoms with van der Waals surface area (Å²) in [5.41, 5.74) is 5.35. The van der Waals surface area contributed by atoms with Crippen LogP contribution in [0, 0.1) is 6.92 Å². The van der Waals surface area contributed by atoms with Gasteiger partial charge in [-0.2, -0.15) is 0 Å². The zero-order valence-corrected chi connectivity index (χ0v) is 22.4. The van der Waals surface area contributed by atoms with Crippen LogP contribution in [0.4, 0.5) is 11.4 Å². The lowest BCUT2D eigenvalue weighted by Gasteiger charge is -2.31. The van der Waals surface area contributed by atoms with Gasteiger partial charge in [-0.25, -0.2) is 4.68 Å². The van der Waals surface area contributed by atoms with Gasteiger partial charge in [0.25, 0.3) is 0 Å². The maximum atomic E-state index is 13.8. The fourth-order valence-electron chi connectivity index (χ4n) is 4.95. The Morgan fingerprint density at radius 1 is 1.00 bits per heavy atom. The monoisotopic (exact) mass is 526 g/mol. The number of amides is 2. The number of hydrogen-bond donors (Lipinski definition) is 1. The Kier molecular flexibility index (Phi) is 8.17. The summed E-state index contributed by atoms with van der Waals surface area (Å²) >= 11 is 0. The molecule has 0 bridgehead atoms. The molecular formula is C30H34N6O3. The van der Waals surface area contributed by atoms with Crippen molar-refractivity contribution in [3.8, 4) is 0 Å². The fourth-order valence-corrected chi connectivity index (χ4v) is 4.95. The topological polar surface area (TPSA) is 92.6 Å². The van der Waals surface area contributed by atoms with E-state index in [1.165, 1.54) is 0 Å². The number of nitrogens with one attached hydrogen (secondary N) is 1. The van der Waals surface area contributed by atoms with Crippen LogP contribution in [0.3, 0.4) is 0 Å². The first-order valence-electron chi connectivity index (χ1n) is 13.4. The molecule has 0 spiro atoms. The SMILES string of the molecule is CC[C@@H](C(=O)Nc1ccc(N2CCOCC2)cc1)N(Cc1ccccc1C)C(=O)Cn1nnc2ccccc21. The molecule has 9 heteroatoms. The van der Waals surface area contributed by atoms with Crippen molar-refractivity contribution in [1.29, 1.82) is 0 Å². The fraction of sp³-hybridized carbons (Fsp3) is 0.333. The summed E-state index contributed by atoms with van der Waals surface area (Å²) in [5.74, 6) is -0.416. The molecule has 4 aromatic rings. The van der Waals surface area contributed by atoms with Crippen LogP contribution in [0.5, 0.6) is 0 Å². The van der Waals surface area contributed by atoms with Gasteiger partial charge >= 0.3 is 0 Å². The van der Waals surface area contributed by atoms with Crippen LogP contribution in [0.15, 0.2) is 72.8 Å². The summed E-state index contributed by atoms with van der Waals surface area (Å²) in [6.45, 7) is 7.37. The minimum absolute atomic E-state index is 0.00950. The number of aryl methyl sites for hydroxylation is 1. The van der Waals surface area contributed by atoms with E-state index in [0.29, 0.717) is 31.9 Å². The predicted molar refractivity (Wildman–Crippen MR) is 151 cm³/mol. The Hall–Kier alpha value is -4.24. The van der Waals surface area contributed by atoms with Gasteiger partial charge in [-0.15, -0.1) is 5.10 Å². The van der Waals surface area contributed by atoms with Gasteiger partial charge in [-0.3, -0.25) is 9.59 Å². The molecule has 1 saturated heterocycles. The second-order valence-electron chi connectivity index (χ2n) is 9.74. The third-order valence-electron chi connectivity index (χ3n) is 7.20. The number of carbonyl (C=O) groups excluding carboxylic acids is 2. The molecule has 2 heterocycles. The van der Waals surface area contributed by atoms with E-state index in [0.717, 1.165) is 40.9 Å². The van der Waals surface area contributed by atoms with Gasteiger partial charge in [-0.1, -0.05) is 48.5 Å². The van der Waals surface area contributed by atoms with E-state index in [9.17, 15) is 9.59 Å². The van der Waals surface area contributed by atoms with Crippen molar-refractivity contribution in [3.63, 3.8) is 0 Å². The zero-order valence-electron chi connectivity index (χ0n) is 22.4. The standard InChI is InChI=1S/C30H34N6O3/c1-3-27(30(38)31-24-12-14-25(15-13-24)34-16-18-39-19-17-34)35(20-23-9-5-4-8-22(23)2)29(37)21-36-28-11-7-6-10-26(28)32-33-36/h4-15,27H,3,16-21H2,1-2H3,(H,31,38)/t27-/m0/s1. The van der Waals surface area contributed by atoms with Crippen molar-refractivity contribution in [2.24, 2.45) is 0 Å². The number of fused-ring (bicyclic) bond motifs is 1. The Morgan fingerprint density at radius 3 is 2.46 bits per heavy atom. The largest absolute Gasteiger partial charge is 0.378 e. The number of rotatable bonds is 9. The lowest BCUT2D eigenvalue weighted by molar-refractivity contribution is -0.140. The molecule has 2 amide bonds. The minimum Gasteiger partial charge on any atom is -0.378 e. The number of aromatic nitrogens is 3. The van der Waals surface area contributed by atoms with Crippen LogP contribution < -0.4 is 10.2 Å². The van der Waals surface area contributed by atoms with Gasteiger partial charge in [0.1, 0.15) is 18.1 Å². The molecule has 5 rings (SSSR count). The first-order valence-corrected chi connectivity index (χ1v) is 13.4. The highest BCUT2D eigenvalue weighted by molar-refractivity contribution is 5.97. The molecule has 202 valence electrons. The predicted octanol–water partition coefficient (Wildman–Crippen LogP) is 4.02. The lowest BCUT2D eigenvalue weighted by atomic mass is 10.1. The number of benzene rings is 3. The van der Waals surface area contributed by atoms with Gasteiger partial charge < -0.3 is 19.9 Å². The van der Waals surface area contributed by atoms with Crippen molar-refractivity contribution in [2.45, 2.75) is 39.4 Å². The summed E-state index contributed by atoms with van der Waals surface area (Å²) in [6.07, 6.45) is 0.466. The van der Waals surface area contributed by atoms with E-state index in [1.807, 2.05) is 86.6 Å². The third kappa shape index (κ3) is 6.09. The van der Waals surface area contributed by atoms with Gasteiger partial charge in [0.15, 0.2) is 0 Å². The summed E-state index contributed by atoms with van der Waals surface area (Å²) in [5, 5.41) is 11.4. The van der Waals surface area contributed by atoms with Crippen molar-refractivity contribution in [1.82, 2.24) is 19.9 Å². The number of carbonyl (C=O) groups is 2. The van der Waals surface area contributed by atoms with E-state index < -0.39 is 6.04 Å². The summed E-state index contributed by atoms with van der Waals surface area (Å²) < 4.78 is 7.04. The minimum atomic E-state index is -0.661. The van der Waals surface area contributed by atoms with Gasteiger partial charge in [0.2, 0.25) is 11.8 Å². The highest BCUT2D eigenvalue weighted by atomic mass is 16.5. The molecule has 1 aliphatic rings. The van der Waals surface area contributed by atoms with Crippen LogP contribution in [-0.2, 0) is 27.4 Å². The van der Waals surface area contributed by atoms with E-state index in [1.54, 1.807) is 9.58 Å². The zero-order chi connectivity index (χ0) is 27.2. The molecule has 1 fully saturated rings. The van der Waals surface area contributed by atoms with Crippen LogP contribution in [0.25, 0.3) is 11.0 Å². The highest BCUT2D eigenvalue weighted by Crippen LogP contribution is 2.21. The molecule has 0 aliphatic carbocycles. The molecule has 1 aliphatic heterocycles. The first kappa shape index (κ1) is 26.4. The number of hydrogen-bond acceptors (Lipinski definition) is 6. The van der Waals surface area contributed by atoms with Crippen molar-refractivity contribution in [3.05, 3.63) is 83.9 Å². The van der Waals surface area contributed by atoms with Gasteiger partial charge in [0.05, 0.1) is 18.7 Å². The molecular weight excluding hydrogens is 492 g/mol. The molecule has 1 atom stereocenters. The summed E-state index contributed by atoms with van der Waals surface area (Å²) in [6, 6.07) is 22.6. The average Bonchev–Trinajstić information content (AvgIpc) is 3.37. The highest BCUT2D eigenvalue weighted by Gasteiger charge is 2.30. The van der Waals surface area contributed by atoms with Crippen molar-refractivity contribution in [2.75, 3.05) is 36.5 Å². The normalized spacial score (nSPS) is 14.3. The molecule has 1 aromatic heterocycles. The molecule has 39 heavy (non-hydrogen) atoms. The van der Waals surface area contributed by atoms with E-state index in [-0.39, 0.29) is 18.4 Å². The number of anilines is 2. The Morgan fingerprint density at radius 2 is 1.72 bits per heavy atom. The summed E-state index contributed by atoms with van der Waals surface area (Å²) in [7, 11) is 0. The maximum Gasteiger partial charge on any atom is 0.247 e. The van der Waals surface area contributed by atoms with Crippen LogP contribution in [0.1, 0.15) is 24.5 Å². The Balaban J connectivity index is 1.36. The van der Waals surface area contributed by atoms with Crippen molar-refractivity contribution < 1.29 is 14.3 Å². The van der Waals surface area contributed by atoms with E-state index in [2.05, 4.69) is 20.5 Å². The van der Waals surface area contributed by atoms with Crippen molar-refractivity contribution >= 4 is 34.2 Å². The molecule has 9 nitrogen and oxygen atoms in total. The van der Waals surface area contributed by atoms with E-state index >= 15 is 0 Å². The third-order valence-corrected chi connectivity index (χ3v) is 7.20. The van der Waals surface area contributed by atoms with Gasteiger partial charge in [-0.05, 0) is 60.9 Å². The quantitative estimate of drug-likeness (QED) is 0.354. The summed E-state index contributed by atoms with van der Waals surface area (Å²) in [4.78, 5) is 31.3. The first-order chi connectivity index (χ1) is 19.0. The molecule has 1 N–H and O–H groups in total. The van der Waals surface area contributed by atoms with Crippen LogP contribution in [-0.4, -0.2) is 64.1 Å². The van der Waals surface area contributed by atoms with Crippen LogP contribution >= 0.6 is 0 Å². The maximum absolute atomic E-state index is 13.8. The second kappa shape index (κ2) is 12.1. The average molecular weight is 527 g/mol. The molecule has 0 saturated carbocycles. The van der Waals surface area contributed by atoms with Gasteiger partial charge in [0, 0.05) is 31.0 Å². The molecule has 0 unspecified atom stereocenters. The lowest BCUT2D eigenvalue weighted by Crippen LogP contribution is -2.48. The van der Waals surface area contributed by atoms with E-state index in [4.69, 9.17) is 4.74 Å². The Labute approximate surface area is 228 Å². The number of morpholine rings is 1. The molecule has 0 radical (unpaired) electrons. The number of nitrogens with zero attached hydrogens (tertiary/aromatic N) is 5. The second-order valence-corrected chi connectivity index (χ2v) is 9.74. The van der Waals surface area contributed by atoms with Crippen LogP contribution in [0.2, 0.25) is 0 Å². The number of para-hydroxylation sites is 1. The molecule has 3 aromatic carbocycles.